The molecule has 1 aliphatic rings. The van der Waals surface area contributed by atoms with E-state index in [1.807, 2.05) is 0 Å². The standard InChI is InChI=1S/C20H27FN2O2/c1-3-18(22)20(4-2)8-5-14(6-9-20)25-17-11-13-7-10-23-19(24)15(13)12-16(17)21/h7,10-12,14,18H,3-6,8-9,22H2,1-2H3,(H,23,24)/t14-,18?,20+. The van der Waals surface area contributed by atoms with Crippen LogP contribution < -0.4 is 16.0 Å². The number of nitrogens with one attached hydrogen (secondary N) is 1. The number of pyridine rings is 1. The van der Waals surface area contributed by atoms with Crippen molar-refractivity contribution in [3.8, 4) is 5.75 Å². The van der Waals surface area contributed by atoms with Crippen LogP contribution in [0.1, 0.15) is 52.4 Å². The highest BCUT2D eigenvalue weighted by Gasteiger charge is 2.38. The molecular formula is C20H27FN2O2. The van der Waals surface area contributed by atoms with Gasteiger partial charge in [-0.15, -0.1) is 0 Å². The zero-order chi connectivity index (χ0) is 18.0. The summed E-state index contributed by atoms with van der Waals surface area (Å²) in [6.07, 6.45) is 7.40. The Bertz CT molecular complexity index is 794. The molecule has 0 spiro atoms. The van der Waals surface area contributed by atoms with Crippen molar-refractivity contribution in [2.24, 2.45) is 11.1 Å². The third-order valence-corrected chi connectivity index (χ3v) is 5.98. The number of aromatic nitrogens is 1. The molecule has 136 valence electrons. The predicted molar refractivity (Wildman–Crippen MR) is 98.4 cm³/mol. The van der Waals surface area contributed by atoms with Crippen molar-refractivity contribution in [2.45, 2.75) is 64.5 Å². The number of ether oxygens (including phenoxy) is 1. The highest BCUT2D eigenvalue weighted by atomic mass is 19.1. The van der Waals surface area contributed by atoms with E-state index < -0.39 is 5.82 Å². The number of nitrogens with two attached hydrogens (primary N) is 1. The van der Waals surface area contributed by atoms with Crippen LogP contribution in [0.15, 0.2) is 29.2 Å². The first-order valence-corrected chi connectivity index (χ1v) is 9.22. The second kappa shape index (κ2) is 7.16. The van der Waals surface area contributed by atoms with Gasteiger partial charge < -0.3 is 15.5 Å². The largest absolute Gasteiger partial charge is 0.487 e. The van der Waals surface area contributed by atoms with Gasteiger partial charge in [0, 0.05) is 12.2 Å². The second-order valence-electron chi connectivity index (χ2n) is 7.22. The van der Waals surface area contributed by atoms with Crippen molar-refractivity contribution in [3.63, 3.8) is 0 Å². The van der Waals surface area contributed by atoms with E-state index in [4.69, 9.17) is 10.5 Å². The molecule has 4 nitrogen and oxygen atoms in total. The van der Waals surface area contributed by atoms with Crippen molar-refractivity contribution in [3.05, 3.63) is 40.6 Å². The lowest BCUT2D eigenvalue weighted by atomic mass is 9.66. The Morgan fingerprint density at radius 1 is 1.36 bits per heavy atom. The summed E-state index contributed by atoms with van der Waals surface area (Å²) in [5.74, 6) is -0.256. The minimum absolute atomic E-state index is 0.00215. The molecule has 3 N–H and O–H groups in total. The van der Waals surface area contributed by atoms with Gasteiger partial charge in [-0.05, 0) is 67.5 Å². The highest BCUT2D eigenvalue weighted by Crippen LogP contribution is 2.43. The number of hydrogen-bond donors (Lipinski definition) is 2. The summed E-state index contributed by atoms with van der Waals surface area (Å²) < 4.78 is 20.3. The molecule has 1 heterocycles. The summed E-state index contributed by atoms with van der Waals surface area (Å²) in [7, 11) is 0. The van der Waals surface area contributed by atoms with Gasteiger partial charge in [-0.1, -0.05) is 13.8 Å². The van der Waals surface area contributed by atoms with Crippen molar-refractivity contribution < 1.29 is 9.13 Å². The van der Waals surface area contributed by atoms with Gasteiger partial charge in [0.2, 0.25) is 0 Å². The lowest BCUT2D eigenvalue weighted by molar-refractivity contribution is 0.0549. The minimum atomic E-state index is -0.484. The van der Waals surface area contributed by atoms with E-state index in [0.29, 0.717) is 10.8 Å². The third kappa shape index (κ3) is 3.43. The summed E-state index contributed by atoms with van der Waals surface area (Å²) in [6.45, 7) is 4.34. The lowest BCUT2D eigenvalue weighted by Gasteiger charge is -2.43. The summed E-state index contributed by atoms with van der Waals surface area (Å²) >= 11 is 0. The summed E-state index contributed by atoms with van der Waals surface area (Å²) in [6, 6.07) is 4.85. The molecule has 1 aliphatic carbocycles. The molecular weight excluding hydrogens is 319 g/mol. The number of benzene rings is 1. The van der Waals surface area contributed by atoms with Gasteiger partial charge in [0.15, 0.2) is 11.6 Å². The number of halogens is 1. The van der Waals surface area contributed by atoms with Crippen LogP contribution in [0.25, 0.3) is 10.8 Å². The Balaban J connectivity index is 1.75. The van der Waals surface area contributed by atoms with E-state index in [9.17, 15) is 9.18 Å². The predicted octanol–water partition coefficient (Wildman–Crippen LogP) is 4.12. The normalized spacial score (nSPS) is 25.0. The molecule has 0 aliphatic heterocycles. The Hall–Kier alpha value is -1.88. The molecule has 0 amide bonds. The van der Waals surface area contributed by atoms with Crippen molar-refractivity contribution in [1.82, 2.24) is 4.98 Å². The maximum absolute atomic E-state index is 14.4. The van der Waals surface area contributed by atoms with Gasteiger partial charge in [-0.25, -0.2) is 4.39 Å². The van der Waals surface area contributed by atoms with Gasteiger partial charge in [0.25, 0.3) is 5.56 Å². The first-order valence-electron chi connectivity index (χ1n) is 9.22. The number of fused-ring (bicyclic) bond motifs is 1. The molecule has 1 unspecified atom stereocenters. The van der Waals surface area contributed by atoms with Crippen LogP contribution in [-0.2, 0) is 0 Å². The number of aromatic amines is 1. The Morgan fingerprint density at radius 2 is 2.08 bits per heavy atom. The number of hydrogen-bond acceptors (Lipinski definition) is 3. The minimum Gasteiger partial charge on any atom is -0.487 e. The molecule has 0 saturated heterocycles. The monoisotopic (exact) mass is 346 g/mol. The molecule has 0 radical (unpaired) electrons. The summed E-state index contributed by atoms with van der Waals surface area (Å²) in [5.41, 5.74) is 6.25. The van der Waals surface area contributed by atoms with E-state index in [2.05, 4.69) is 18.8 Å². The lowest BCUT2D eigenvalue weighted by Crippen LogP contribution is -2.45. The van der Waals surface area contributed by atoms with Crippen LogP contribution in [-0.4, -0.2) is 17.1 Å². The fourth-order valence-electron chi connectivity index (χ4n) is 4.16. The van der Waals surface area contributed by atoms with Crippen LogP contribution in [0.2, 0.25) is 0 Å². The fraction of sp³-hybridized carbons (Fsp3) is 0.550. The highest BCUT2D eigenvalue weighted by molar-refractivity contribution is 5.82. The molecule has 2 aromatic rings. The fourth-order valence-corrected chi connectivity index (χ4v) is 4.16. The van der Waals surface area contributed by atoms with E-state index >= 15 is 0 Å². The van der Waals surface area contributed by atoms with Crippen LogP contribution >= 0.6 is 0 Å². The van der Waals surface area contributed by atoms with Crippen LogP contribution in [0, 0.1) is 11.2 Å². The zero-order valence-corrected chi connectivity index (χ0v) is 15.0. The summed E-state index contributed by atoms with van der Waals surface area (Å²) in [4.78, 5) is 14.3. The van der Waals surface area contributed by atoms with Gasteiger partial charge in [-0.2, -0.15) is 0 Å². The molecule has 1 fully saturated rings. The smallest absolute Gasteiger partial charge is 0.255 e. The molecule has 1 aromatic heterocycles. The molecule has 5 heteroatoms. The molecule has 0 bridgehead atoms. The summed E-state index contributed by atoms with van der Waals surface area (Å²) in [5, 5.41) is 1.03. The Labute approximate surface area is 147 Å². The molecule has 1 aromatic carbocycles. The number of H-pyrrole nitrogens is 1. The van der Waals surface area contributed by atoms with E-state index in [0.717, 1.165) is 38.5 Å². The molecule has 25 heavy (non-hydrogen) atoms. The molecule has 3 rings (SSSR count). The van der Waals surface area contributed by atoms with Crippen molar-refractivity contribution in [1.29, 1.82) is 0 Å². The Morgan fingerprint density at radius 3 is 2.72 bits per heavy atom. The van der Waals surface area contributed by atoms with E-state index in [1.54, 1.807) is 18.3 Å². The first kappa shape index (κ1) is 17.9. The maximum Gasteiger partial charge on any atom is 0.255 e. The van der Waals surface area contributed by atoms with Crippen LogP contribution in [0.4, 0.5) is 4.39 Å². The van der Waals surface area contributed by atoms with Gasteiger partial charge >= 0.3 is 0 Å². The first-order chi connectivity index (χ1) is 12.0. The second-order valence-corrected chi connectivity index (χ2v) is 7.22. The van der Waals surface area contributed by atoms with Crippen molar-refractivity contribution in [2.75, 3.05) is 0 Å². The third-order valence-electron chi connectivity index (χ3n) is 5.98. The maximum atomic E-state index is 14.4. The van der Waals surface area contributed by atoms with Crippen molar-refractivity contribution >= 4 is 10.8 Å². The van der Waals surface area contributed by atoms with Gasteiger partial charge in [0.05, 0.1) is 11.5 Å². The Kier molecular flexibility index (Phi) is 5.13. The number of rotatable bonds is 5. The zero-order valence-electron chi connectivity index (χ0n) is 15.0. The van der Waals surface area contributed by atoms with Gasteiger partial charge in [-0.3, -0.25) is 4.79 Å². The quantitative estimate of drug-likeness (QED) is 0.855. The average molecular weight is 346 g/mol. The average Bonchev–Trinajstić information content (AvgIpc) is 2.63. The van der Waals surface area contributed by atoms with E-state index in [1.165, 1.54) is 6.07 Å². The SMILES string of the molecule is CCC(N)[C@]1(CC)CC[C@H](Oc2cc3cc[nH]c(=O)c3cc2F)CC1. The molecule has 1 saturated carbocycles. The van der Waals surface area contributed by atoms with Crippen LogP contribution in [0.5, 0.6) is 5.75 Å². The topological polar surface area (TPSA) is 68.1 Å². The van der Waals surface area contributed by atoms with Crippen LogP contribution in [0.3, 0.4) is 0 Å². The van der Waals surface area contributed by atoms with E-state index in [-0.39, 0.29) is 28.9 Å². The molecule has 1 atom stereocenters. The van der Waals surface area contributed by atoms with Gasteiger partial charge in [0.1, 0.15) is 0 Å².